The summed E-state index contributed by atoms with van der Waals surface area (Å²) in [6.45, 7) is 2.70. The summed E-state index contributed by atoms with van der Waals surface area (Å²) in [5, 5.41) is 0. The van der Waals surface area contributed by atoms with Gasteiger partial charge < -0.3 is 14.5 Å². The van der Waals surface area contributed by atoms with Crippen LogP contribution in [-0.2, 0) is 4.79 Å². The molecule has 4 bridgehead atoms. The number of rotatable bonds is 4. The van der Waals surface area contributed by atoms with E-state index in [1.807, 2.05) is 34.1 Å². The molecule has 0 aromatic heterocycles. The number of nitrogens with zero attached hydrogens (tertiary/aromatic N) is 2. The zero-order valence-corrected chi connectivity index (χ0v) is 18.1. The molecule has 0 unspecified atom stereocenters. The predicted octanol–water partition coefficient (Wildman–Crippen LogP) is 3.98. The quantitative estimate of drug-likeness (QED) is 0.755. The number of carbonyl (C=O) groups excluding carboxylic acids is 2. The fraction of sp³-hybridized carbons (Fsp3) is 0.680. The van der Waals surface area contributed by atoms with Gasteiger partial charge in [0.05, 0.1) is 12.7 Å². The third kappa shape index (κ3) is 3.72. The van der Waals surface area contributed by atoms with Crippen LogP contribution in [0.4, 0.5) is 0 Å². The second kappa shape index (κ2) is 7.90. The lowest BCUT2D eigenvalue weighted by Gasteiger charge is -2.57. The molecule has 0 atom stereocenters. The Morgan fingerprint density at radius 2 is 1.53 bits per heavy atom. The van der Waals surface area contributed by atoms with E-state index in [1.54, 1.807) is 7.11 Å². The van der Waals surface area contributed by atoms with E-state index in [2.05, 4.69) is 0 Å². The van der Waals surface area contributed by atoms with Crippen molar-refractivity contribution in [2.45, 2.75) is 51.4 Å². The molecule has 0 spiro atoms. The zero-order chi connectivity index (χ0) is 20.7. The molecule has 0 N–H and O–H groups in total. The Labute approximate surface area is 179 Å². The van der Waals surface area contributed by atoms with Gasteiger partial charge in [-0.2, -0.15) is 0 Å². The topological polar surface area (TPSA) is 49.9 Å². The number of amides is 2. The summed E-state index contributed by atoms with van der Waals surface area (Å²) >= 11 is 0. The molecule has 30 heavy (non-hydrogen) atoms. The van der Waals surface area contributed by atoms with Gasteiger partial charge in [-0.25, -0.2) is 0 Å². The first-order chi connectivity index (χ1) is 14.5. The summed E-state index contributed by atoms with van der Waals surface area (Å²) in [7, 11) is 1.60. The highest BCUT2D eigenvalue weighted by atomic mass is 16.5. The van der Waals surface area contributed by atoms with Gasteiger partial charge in [-0.15, -0.1) is 0 Å². The van der Waals surface area contributed by atoms with Crippen molar-refractivity contribution in [1.29, 1.82) is 0 Å². The third-order valence-electron chi connectivity index (χ3n) is 8.16. The molecule has 1 aromatic rings. The van der Waals surface area contributed by atoms with Crippen LogP contribution in [0.2, 0.25) is 0 Å². The molecule has 1 aromatic carbocycles. The van der Waals surface area contributed by atoms with Gasteiger partial charge in [0.15, 0.2) is 0 Å². The average molecular weight is 411 g/mol. The molecule has 1 aliphatic heterocycles. The molecular weight excluding hydrogens is 376 g/mol. The summed E-state index contributed by atoms with van der Waals surface area (Å²) in [4.78, 5) is 30.3. The SMILES string of the molecule is COc1ccccc1C(=O)N1CCCN(C(=O)CC23CC4CC(CC(C4)C2)C3)CC1. The molecule has 5 nitrogen and oxygen atoms in total. The standard InChI is InChI=1S/C25H34N2O3/c1-30-22-6-3-2-5-21(22)24(29)27-8-4-7-26(9-10-27)23(28)17-25-14-18-11-19(15-25)13-20(12-18)16-25/h2-3,5-6,18-20H,4,7-17H2,1H3. The Bertz CT molecular complexity index is 785. The lowest BCUT2D eigenvalue weighted by Crippen LogP contribution is -2.48. The molecule has 2 amide bonds. The molecule has 6 rings (SSSR count). The lowest BCUT2D eigenvalue weighted by molar-refractivity contribution is -0.139. The third-order valence-corrected chi connectivity index (χ3v) is 8.16. The van der Waals surface area contributed by atoms with Crippen LogP contribution in [0, 0.1) is 23.2 Å². The molecule has 1 heterocycles. The van der Waals surface area contributed by atoms with E-state index in [0.29, 0.717) is 36.9 Å². The van der Waals surface area contributed by atoms with E-state index in [9.17, 15) is 9.59 Å². The maximum Gasteiger partial charge on any atom is 0.257 e. The van der Waals surface area contributed by atoms with Gasteiger partial charge in [-0.3, -0.25) is 9.59 Å². The first-order valence-electron chi connectivity index (χ1n) is 11.8. The van der Waals surface area contributed by atoms with Gasteiger partial charge in [-0.1, -0.05) is 12.1 Å². The van der Waals surface area contributed by atoms with Crippen molar-refractivity contribution in [3.05, 3.63) is 29.8 Å². The van der Waals surface area contributed by atoms with Gasteiger partial charge in [-0.05, 0) is 80.2 Å². The van der Waals surface area contributed by atoms with E-state index in [-0.39, 0.29) is 11.3 Å². The van der Waals surface area contributed by atoms with Crippen molar-refractivity contribution in [3.8, 4) is 5.75 Å². The predicted molar refractivity (Wildman–Crippen MR) is 115 cm³/mol. The summed E-state index contributed by atoms with van der Waals surface area (Å²) in [6.07, 6.45) is 9.64. The van der Waals surface area contributed by atoms with Crippen LogP contribution in [0.1, 0.15) is 61.7 Å². The molecule has 5 fully saturated rings. The van der Waals surface area contributed by atoms with E-state index in [4.69, 9.17) is 4.74 Å². The monoisotopic (exact) mass is 410 g/mol. The number of para-hydroxylation sites is 1. The van der Waals surface area contributed by atoms with Gasteiger partial charge >= 0.3 is 0 Å². The first kappa shape index (κ1) is 19.9. The van der Waals surface area contributed by atoms with Crippen molar-refractivity contribution >= 4 is 11.8 Å². The Balaban J connectivity index is 1.22. The Morgan fingerprint density at radius 3 is 2.20 bits per heavy atom. The van der Waals surface area contributed by atoms with Gasteiger partial charge in [0.1, 0.15) is 5.75 Å². The molecule has 4 saturated carbocycles. The summed E-state index contributed by atoms with van der Waals surface area (Å²) in [5.41, 5.74) is 0.888. The minimum atomic E-state index is 0.00262. The molecule has 5 heteroatoms. The zero-order valence-electron chi connectivity index (χ0n) is 18.1. The van der Waals surface area contributed by atoms with Crippen LogP contribution < -0.4 is 4.74 Å². The molecule has 5 aliphatic rings. The highest BCUT2D eigenvalue weighted by Crippen LogP contribution is 2.61. The van der Waals surface area contributed by atoms with E-state index in [0.717, 1.165) is 37.1 Å². The van der Waals surface area contributed by atoms with Crippen molar-refractivity contribution in [3.63, 3.8) is 0 Å². The van der Waals surface area contributed by atoms with Crippen LogP contribution in [0.3, 0.4) is 0 Å². The Hall–Kier alpha value is -2.04. The van der Waals surface area contributed by atoms with Gasteiger partial charge in [0.2, 0.25) is 5.91 Å². The molecule has 0 radical (unpaired) electrons. The Kier molecular flexibility index (Phi) is 5.24. The van der Waals surface area contributed by atoms with E-state index < -0.39 is 0 Å². The molecular formula is C25H34N2O3. The normalized spacial score (nSPS) is 32.8. The van der Waals surface area contributed by atoms with Crippen molar-refractivity contribution in [1.82, 2.24) is 9.80 Å². The fourth-order valence-electron chi connectivity index (χ4n) is 7.30. The highest BCUT2D eigenvalue weighted by molar-refractivity contribution is 5.97. The summed E-state index contributed by atoms with van der Waals surface area (Å²) in [6, 6.07) is 7.39. The number of hydrogen-bond acceptors (Lipinski definition) is 3. The van der Waals surface area contributed by atoms with E-state index in [1.165, 1.54) is 38.5 Å². The van der Waals surface area contributed by atoms with Gasteiger partial charge in [0.25, 0.3) is 5.91 Å². The van der Waals surface area contributed by atoms with E-state index >= 15 is 0 Å². The largest absolute Gasteiger partial charge is 0.496 e. The minimum Gasteiger partial charge on any atom is -0.496 e. The molecule has 1 saturated heterocycles. The number of ether oxygens (including phenoxy) is 1. The highest BCUT2D eigenvalue weighted by Gasteiger charge is 2.51. The number of methoxy groups -OCH3 is 1. The summed E-state index contributed by atoms with van der Waals surface area (Å²) < 4.78 is 5.37. The summed E-state index contributed by atoms with van der Waals surface area (Å²) in [5.74, 6) is 3.57. The first-order valence-corrected chi connectivity index (χ1v) is 11.8. The number of carbonyl (C=O) groups is 2. The number of benzene rings is 1. The van der Waals surface area contributed by atoms with Gasteiger partial charge in [0, 0.05) is 32.6 Å². The lowest BCUT2D eigenvalue weighted by atomic mass is 9.49. The smallest absolute Gasteiger partial charge is 0.257 e. The minimum absolute atomic E-state index is 0.00262. The van der Waals surface area contributed by atoms with Crippen LogP contribution >= 0.6 is 0 Å². The molecule has 162 valence electrons. The van der Waals surface area contributed by atoms with Crippen LogP contribution in [0.5, 0.6) is 5.75 Å². The van der Waals surface area contributed by atoms with Crippen LogP contribution in [0.15, 0.2) is 24.3 Å². The Morgan fingerprint density at radius 1 is 0.933 bits per heavy atom. The van der Waals surface area contributed by atoms with Crippen LogP contribution in [-0.4, -0.2) is 54.9 Å². The maximum atomic E-state index is 13.3. The fourth-order valence-corrected chi connectivity index (χ4v) is 7.30. The molecule has 4 aliphatic carbocycles. The average Bonchev–Trinajstić information content (AvgIpc) is 2.98. The van der Waals surface area contributed by atoms with Crippen molar-refractivity contribution < 1.29 is 14.3 Å². The van der Waals surface area contributed by atoms with Crippen LogP contribution in [0.25, 0.3) is 0 Å². The maximum absolute atomic E-state index is 13.3. The second-order valence-electron chi connectivity index (χ2n) is 10.3. The van der Waals surface area contributed by atoms with Crippen molar-refractivity contribution in [2.75, 3.05) is 33.3 Å². The second-order valence-corrected chi connectivity index (χ2v) is 10.3. The number of hydrogen-bond donors (Lipinski definition) is 0. The van der Waals surface area contributed by atoms with Crippen molar-refractivity contribution in [2.24, 2.45) is 23.2 Å².